The van der Waals surface area contributed by atoms with Gasteiger partial charge in [0.05, 0.1) is 30.4 Å². The van der Waals surface area contributed by atoms with Crippen molar-refractivity contribution >= 4 is 46.5 Å². The van der Waals surface area contributed by atoms with Gasteiger partial charge in [-0.25, -0.2) is 0 Å². The minimum absolute atomic E-state index is 0.0309. The Morgan fingerprint density at radius 2 is 1.36 bits per heavy atom. The van der Waals surface area contributed by atoms with Gasteiger partial charge in [0, 0.05) is 41.4 Å². The van der Waals surface area contributed by atoms with E-state index in [9.17, 15) is 0 Å². The second-order valence-electron chi connectivity index (χ2n) is 15.5. The van der Waals surface area contributed by atoms with Gasteiger partial charge in [-0.1, -0.05) is 84.6 Å². The van der Waals surface area contributed by atoms with Gasteiger partial charge in [0.1, 0.15) is 27.7 Å². The molecule has 0 saturated carbocycles. The molecule has 3 spiro atoms. The van der Waals surface area contributed by atoms with Crippen LogP contribution in [-0.4, -0.2) is 79.5 Å². The zero-order chi connectivity index (χ0) is 38.9. The average molecular weight is 742 g/mol. The van der Waals surface area contributed by atoms with E-state index in [0.29, 0.717) is 39.3 Å². The van der Waals surface area contributed by atoms with Gasteiger partial charge in [-0.15, -0.1) is 12.8 Å². The van der Waals surface area contributed by atoms with Crippen LogP contribution in [0.15, 0.2) is 97.1 Å². The molecule has 6 aliphatic heterocycles. The summed E-state index contributed by atoms with van der Waals surface area (Å²) in [7, 11) is 3.47. The molecule has 6 atom stereocenters. The molecule has 10 rings (SSSR count). The molecule has 11 heteroatoms. The van der Waals surface area contributed by atoms with Gasteiger partial charge in [0.25, 0.3) is 11.8 Å². The zero-order valence-corrected chi connectivity index (χ0v) is 30.6. The summed E-state index contributed by atoms with van der Waals surface area (Å²) in [4.78, 5) is 84.1. The lowest BCUT2D eigenvalue weighted by molar-refractivity contribution is -0.158. The first kappa shape index (κ1) is 34.0. The number of terminal acetylenes is 2. The fourth-order valence-corrected chi connectivity index (χ4v) is 11.6. The largest absolute Gasteiger partial charge is 0.425 e. The summed E-state index contributed by atoms with van der Waals surface area (Å²) in [5.74, 6) is 0.271. The highest BCUT2D eigenvalue weighted by atomic mass is 16.5. The Labute approximate surface area is 323 Å². The highest BCUT2D eigenvalue weighted by molar-refractivity contribution is 6.23. The predicted octanol–water partition coefficient (Wildman–Crippen LogP) is 3.39. The Morgan fingerprint density at radius 3 is 2.07 bits per heavy atom. The van der Waals surface area contributed by atoms with E-state index in [1.807, 2.05) is 30.3 Å². The molecule has 276 valence electrons. The van der Waals surface area contributed by atoms with Crippen molar-refractivity contribution < 1.29 is 28.7 Å². The maximum atomic E-state index is 16.5. The van der Waals surface area contributed by atoms with Crippen molar-refractivity contribution in [2.45, 2.75) is 22.4 Å². The van der Waals surface area contributed by atoms with E-state index in [-0.39, 0.29) is 37.8 Å². The van der Waals surface area contributed by atoms with E-state index >= 15 is 24.0 Å². The lowest BCUT2D eigenvalue weighted by atomic mass is 9.53. The molecular formula is C45H35N5O6. The first-order valence-electron chi connectivity index (χ1n) is 18.5. The predicted molar refractivity (Wildman–Crippen MR) is 206 cm³/mol. The number of amides is 3. The summed E-state index contributed by atoms with van der Waals surface area (Å²) in [5, 5.41) is 3.03. The van der Waals surface area contributed by atoms with Gasteiger partial charge in [0.15, 0.2) is 5.78 Å². The van der Waals surface area contributed by atoms with Crippen LogP contribution >= 0.6 is 0 Å². The molecule has 0 radical (unpaired) electrons. The van der Waals surface area contributed by atoms with Crippen LogP contribution < -0.4 is 19.9 Å². The van der Waals surface area contributed by atoms with Crippen LogP contribution in [0.5, 0.6) is 5.75 Å². The minimum Gasteiger partial charge on any atom is -0.425 e. The van der Waals surface area contributed by atoms with Gasteiger partial charge >= 0.3 is 5.97 Å². The number of likely N-dealkylation sites (tertiary alicyclic amines) is 2. The molecule has 0 aromatic heterocycles. The quantitative estimate of drug-likeness (QED) is 0.147. The number of rotatable bonds is 4. The number of esters is 1. The number of likely N-dealkylation sites (N-methyl/N-ethyl adjacent to an activating group) is 2. The van der Waals surface area contributed by atoms with Crippen LogP contribution in [0.25, 0.3) is 0 Å². The number of ketones is 1. The van der Waals surface area contributed by atoms with Gasteiger partial charge in [-0.05, 0) is 43.9 Å². The van der Waals surface area contributed by atoms with Crippen molar-refractivity contribution in [1.29, 1.82) is 0 Å². The second kappa shape index (κ2) is 11.3. The van der Waals surface area contributed by atoms with Crippen molar-refractivity contribution in [3.05, 3.63) is 119 Å². The van der Waals surface area contributed by atoms with Crippen LogP contribution in [0.2, 0.25) is 0 Å². The summed E-state index contributed by atoms with van der Waals surface area (Å²) in [6.07, 6.45) is 11.7. The Morgan fingerprint density at radius 1 is 0.768 bits per heavy atom. The van der Waals surface area contributed by atoms with Crippen LogP contribution in [0.3, 0.4) is 0 Å². The van der Waals surface area contributed by atoms with Crippen molar-refractivity contribution in [2.24, 2.45) is 11.3 Å². The summed E-state index contributed by atoms with van der Waals surface area (Å²) >= 11 is 0. The van der Waals surface area contributed by atoms with E-state index < -0.39 is 57.3 Å². The van der Waals surface area contributed by atoms with Gasteiger partial charge in [0.2, 0.25) is 5.91 Å². The zero-order valence-electron chi connectivity index (χ0n) is 30.6. The molecule has 3 amide bonds. The van der Waals surface area contributed by atoms with Crippen molar-refractivity contribution in [2.75, 3.05) is 55.4 Å². The number of hydrogen-bond acceptors (Lipinski definition) is 8. The Kier molecular flexibility index (Phi) is 6.84. The third-order valence-corrected chi connectivity index (χ3v) is 13.4. The number of hydrogen-bond donors (Lipinski definition) is 1. The molecule has 6 heterocycles. The van der Waals surface area contributed by atoms with Crippen LogP contribution in [0, 0.1) is 36.0 Å². The Bertz CT molecular complexity index is 2590. The SMILES string of the molecule is C#CCN1C(=O)[C@]2(c3ccccc31)[C@@H]1c3ccccc3OC(=O)[C@]1(C(=O)[C@@H]1CN(C)[C@]3(C(=O)N(CC#C)c4ccccc43)[C@@]13C(=O)Nc1ccccc13)CN2C. The fraction of sp³-hybridized carbons (Fsp3) is 0.267. The highest BCUT2D eigenvalue weighted by Crippen LogP contribution is 2.70. The number of ether oxygens (including phenoxy) is 1. The standard InChI is InChI=1S/C45H35N5O6/c1-5-23-49-33-20-12-9-17-29(33)44(39(49)53)36-27-15-7-14-22-35(27)56-41(55)42(36,26-48(44)4)37(51)31-25-47(3)45(43(31)28-16-8-11-19-32(28)46-38(43)52)30-18-10-13-21-34(30)50(24-6-2)40(45)54/h1-2,7-22,31,36H,23-26H2,3-4H3,(H,46,52)/t31-,36+,42+,43+,44-,45+/m0/s1. The molecule has 4 aromatic rings. The number of benzene rings is 4. The highest BCUT2D eigenvalue weighted by Gasteiger charge is 2.83. The third kappa shape index (κ3) is 3.49. The number of Topliss-reactive ketones (excluding diaryl/α,β-unsaturated/α-hetero) is 1. The molecule has 56 heavy (non-hydrogen) atoms. The summed E-state index contributed by atoms with van der Waals surface area (Å²) in [6, 6.07) is 28.6. The van der Waals surface area contributed by atoms with Gasteiger partial charge in [-0.2, -0.15) is 0 Å². The molecule has 0 aliphatic carbocycles. The molecule has 0 unspecified atom stereocenters. The Balaban J connectivity index is 1.27. The summed E-state index contributed by atoms with van der Waals surface area (Å²) < 4.78 is 6.14. The van der Waals surface area contributed by atoms with E-state index in [4.69, 9.17) is 17.6 Å². The number of anilines is 3. The first-order chi connectivity index (χ1) is 27.1. The molecule has 6 aliphatic rings. The van der Waals surface area contributed by atoms with Gasteiger partial charge < -0.3 is 10.1 Å². The Hall–Kier alpha value is -6.53. The lowest BCUT2D eigenvalue weighted by Gasteiger charge is -2.46. The topological polar surface area (TPSA) is 120 Å². The molecule has 4 aromatic carbocycles. The number of nitrogens with one attached hydrogen (secondary N) is 1. The number of nitrogens with zero attached hydrogens (tertiary/aromatic N) is 4. The fourth-order valence-electron chi connectivity index (χ4n) is 11.6. The van der Waals surface area contributed by atoms with Gasteiger partial charge in [-0.3, -0.25) is 43.6 Å². The van der Waals surface area contributed by atoms with E-state index in [1.165, 1.54) is 9.80 Å². The molecule has 2 fully saturated rings. The molecule has 0 bridgehead atoms. The monoisotopic (exact) mass is 741 g/mol. The van der Waals surface area contributed by atoms with E-state index in [2.05, 4.69) is 17.2 Å². The maximum Gasteiger partial charge on any atom is 0.327 e. The lowest BCUT2D eigenvalue weighted by Crippen LogP contribution is -2.65. The van der Waals surface area contributed by atoms with E-state index in [1.54, 1.807) is 90.6 Å². The average Bonchev–Trinajstić information content (AvgIpc) is 3.91. The molecule has 11 nitrogen and oxygen atoms in total. The third-order valence-electron chi connectivity index (χ3n) is 13.4. The minimum atomic E-state index is -2.03. The maximum absolute atomic E-state index is 16.5. The van der Waals surface area contributed by atoms with Crippen LogP contribution in [-0.2, 0) is 40.5 Å². The number of para-hydroxylation sites is 4. The number of fused-ring (bicyclic) bond motifs is 11. The number of carbonyl (C=O) groups is 5. The number of carbonyl (C=O) groups excluding carboxylic acids is 5. The molecule has 1 N–H and O–H groups in total. The summed E-state index contributed by atoms with van der Waals surface area (Å²) in [5.41, 5.74) is -3.55. The second-order valence-corrected chi connectivity index (χ2v) is 15.5. The normalized spacial score (nSPS) is 30.9. The first-order valence-corrected chi connectivity index (χ1v) is 18.5. The smallest absolute Gasteiger partial charge is 0.327 e. The van der Waals surface area contributed by atoms with E-state index in [0.717, 1.165) is 0 Å². The van der Waals surface area contributed by atoms with Crippen molar-refractivity contribution in [1.82, 2.24) is 9.80 Å². The van der Waals surface area contributed by atoms with Crippen LogP contribution in [0.1, 0.15) is 28.2 Å². The van der Waals surface area contributed by atoms with Crippen molar-refractivity contribution in [3.8, 4) is 30.4 Å². The molecular weight excluding hydrogens is 707 g/mol. The molecule has 2 saturated heterocycles. The van der Waals surface area contributed by atoms with Crippen molar-refractivity contribution in [3.63, 3.8) is 0 Å². The summed E-state index contributed by atoms with van der Waals surface area (Å²) in [6.45, 7) is -0.398. The van der Waals surface area contributed by atoms with Crippen LogP contribution in [0.4, 0.5) is 17.1 Å².